The van der Waals surface area contributed by atoms with Crippen molar-refractivity contribution in [2.24, 2.45) is 0 Å². The van der Waals surface area contributed by atoms with Crippen LogP contribution in [-0.2, 0) is 0 Å². The summed E-state index contributed by atoms with van der Waals surface area (Å²) in [6, 6.07) is 7.29. The lowest BCUT2D eigenvalue weighted by atomic mass is 10.1. The molecule has 0 aliphatic heterocycles. The van der Waals surface area contributed by atoms with Gasteiger partial charge in [-0.3, -0.25) is 10.1 Å². The molecular formula is C13H11N3O2. The second kappa shape index (κ2) is 5.15. The predicted molar refractivity (Wildman–Crippen MR) is 70.3 cm³/mol. The van der Waals surface area contributed by atoms with Crippen LogP contribution in [0.4, 0.5) is 11.4 Å². The van der Waals surface area contributed by atoms with E-state index in [2.05, 4.69) is 22.1 Å². The van der Waals surface area contributed by atoms with E-state index in [0.29, 0.717) is 12.2 Å². The van der Waals surface area contributed by atoms with Crippen LogP contribution in [0.2, 0.25) is 0 Å². The van der Waals surface area contributed by atoms with Gasteiger partial charge in [-0.1, -0.05) is 24.1 Å². The molecule has 0 saturated carbocycles. The maximum Gasteiger partial charge on any atom is 0.311 e. The van der Waals surface area contributed by atoms with Crippen LogP contribution in [0.5, 0.6) is 0 Å². The summed E-state index contributed by atoms with van der Waals surface area (Å²) in [6.45, 7) is 2.09. The molecule has 0 spiro atoms. The number of aromatic nitrogens is 1. The molecule has 2 aromatic rings. The molecule has 5 nitrogen and oxygen atoms in total. The summed E-state index contributed by atoms with van der Waals surface area (Å²) >= 11 is 0. The Morgan fingerprint density at radius 3 is 2.94 bits per heavy atom. The van der Waals surface area contributed by atoms with Gasteiger partial charge in [-0.2, -0.15) is 0 Å². The Morgan fingerprint density at radius 1 is 1.44 bits per heavy atom. The van der Waals surface area contributed by atoms with Crippen LogP contribution in [0.25, 0.3) is 10.9 Å². The molecule has 1 heterocycles. The third kappa shape index (κ3) is 2.23. The van der Waals surface area contributed by atoms with Gasteiger partial charge in [0.15, 0.2) is 0 Å². The van der Waals surface area contributed by atoms with Crippen molar-refractivity contribution in [1.82, 2.24) is 4.98 Å². The third-order valence-electron chi connectivity index (χ3n) is 2.48. The van der Waals surface area contributed by atoms with Crippen LogP contribution in [0.3, 0.4) is 0 Å². The van der Waals surface area contributed by atoms with Crippen molar-refractivity contribution in [1.29, 1.82) is 0 Å². The number of nitrogens with zero attached hydrogens (tertiary/aromatic N) is 2. The Labute approximate surface area is 104 Å². The highest BCUT2D eigenvalue weighted by Gasteiger charge is 2.16. The molecule has 0 amide bonds. The first-order valence-electron chi connectivity index (χ1n) is 5.39. The molecule has 1 N–H and O–H groups in total. The number of pyridine rings is 1. The number of hydrogen-bond acceptors (Lipinski definition) is 4. The predicted octanol–water partition coefficient (Wildman–Crippen LogP) is 2.58. The molecule has 1 aromatic carbocycles. The summed E-state index contributed by atoms with van der Waals surface area (Å²) in [6.07, 6.45) is 1.27. The summed E-state index contributed by atoms with van der Waals surface area (Å²) in [5.74, 6) is 5.56. The fourth-order valence-corrected chi connectivity index (χ4v) is 1.68. The van der Waals surface area contributed by atoms with E-state index in [1.54, 1.807) is 13.0 Å². The Hall–Kier alpha value is -2.61. The normalized spacial score (nSPS) is 9.61. The zero-order valence-electron chi connectivity index (χ0n) is 9.80. The lowest BCUT2D eigenvalue weighted by Gasteiger charge is -2.07. The van der Waals surface area contributed by atoms with E-state index in [-0.39, 0.29) is 5.69 Å². The number of para-hydroxylation sites is 1. The summed E-state index contributed by atoms with van der Waals surface area (Å²) < 4.78 is 0. The molecule has 1 aromatic heterocycles. The lowest BCUT2D eigenvalue weighted by molar-refractivity contribution is -0.384. The molecular weight excluding hydrogens is 230 g/mol. The smallest absolute Gasteiger partial charge is 0.311 e. The zero-order valence-corrected chi connectivity index (χ0v) is 9.80. The molecule has 0 atom stereocenters. The van der Waals surface area contributed by atoms with Gasteiger partial charge in [-0.15, -0.1) is 5.92 Å². The van der Waals surface area contributed by atoms with Crippen LogP contribution >= 0.6 is 0 Å². The fraction of sp³-hybridized carbons (Fsp3) is 0.154. The second-order valence-corrected chi connectivity index (χ2v) is 3.57. The fourth-order valence-electron chi connectivity index (χ4n) is 1.68. The number of nitro groups is 1. The maximum absolute atomic E-state index is 11.0. The zero-order chi connectivity index (χ0) is 13.0. The van der Waals surface area contributed by atoms with Crippen molar-refractivity contribution in [3.63, 3.8) is 0 Å². The standard InChI is InChI=1S/C13H11N3O2/c1-2-3-8-14-13-10-6-4-5-7-11(10)15-9-12(13)16(17)18/h4-7,9H,8H2,1H3,(H,14,15). The molecule has 0 saturated heterocycles. The average Bonchev–Trinajstić information content (AvgIpc) is 2.38. The highest BCUT2D eigenvalue weighted by molar-refractivity contribution is 5.95. The van der Waals surface area contributed by atoms with Crippen LogP contribution in [0.15, 0.2) is 30.5 Å². The molecule has 18 heavy (non-hydrogen) atoms. The third-order valence-corrected chi connectivity index (χ3v) is 2.48. The van der Waals surface area contributed by atoms with Crippen LogP contribution in [-0.4, -0.2) is 16.5 Å². The molecule has 0 fully saturated rings. The van der Waals surface area contributed by atoms with E-state index in [1.807, 2.05) is 18.2 Å². The highest BCUT2D eigenvalue weighted by atomic mass is 16.6. The highest BCUT2D eigenvalue weighted by Crippen LogP contribution is 2.30. The number of rotatable bonds is 3. The van der Waals surface area contributed by atoms with E-state index in [0.717, 1.165) is 10.9 Å². The van der Waals surface area contributed by atoms with Crippen molar-refractivity contribution < 1.29 is 4.92 Å². The first-order valence-corrected chi connectivity index (χ1v) is 5.39. The Balaban J connectivity index is 2.57. The van der Waals surface area contributed by atoms with E-state index in [4.69, 9.17) is 0 Å². The topological polar surface area (TPSA) is 68.1 Å². The van der Waals surface area contributed by atoms with Gasteiger partial charge in [0.05, 0.1) is 17.0 Å². The summed E-state index contributed by atoms with van der Waals surface area (Å²) in [5, 5.41) is 14.7. The maximum atomic E-state index is 11.0. The van der Waals surface area contributed by atoms with Crippen molar-refractivity contribution in [3.05, 3.63) is 40.6 Å². The van der Waals surface area contributed by atoms with Crippen molar-refractivity contribution in [3.8, 4) is 11.8 Å². The van der Waals surface area contributed by atoms with Crippen molar-refractivity contribution in [2.75, 3.05) is 11.9 Å². The minimum absolute atomic E-state index is 0.0356. The van der Waals surface area contributed by atoms with Crippen molar-refractivity contribution in [2.45, 2.75) is 6.92 Å². The summed E-state index contributed by atoms with van der Waals surface area (Å²) in [5.41, 5.74) is 1.15. The largest absolute Gasteiger partial charge is 0.368 e. The molecule has 90 valence electrons. The molecule has 0 aliphatic rings. The SMILES string of the molecule is CC#CCNc1c([N+](=O)[O-])cnc2ccccc12. The van der Waals surface area contributed by atoms with Gasteiger partial charge in [0.1, 0.15) is 11.9 Å². The van der Waals surface area contributed by atoms with Crippen LogP contribution in [0.1, 0.15) is 6.92 Å². The second-order valence-electron chi connectivity index (χ2n) is 3.57. The first kappa shape index (κ1) is 11.9. The van der Waals surface area contributed by atoms with Gasteiger partial charge >= 0.3 is 5.69 Å². The summed E-state index contributed by atoms with van der Waals surface area (Å²) in [7, 11) is 0. The molecule has 2 rings (SSSR count). The summed E-state index contributed by atoms with van der Waals surface area (Å²) in [4.78, 5) is 14.6. The van der Waals surface area contributed by atoms with Gasteiger partial charge in [-0.25, -0.2) is 4.98 Å². The number of benzene rings is 1. The quantitative estimate of drug-likeness (QED) is 0.509. The van der Waals surface area contributed by atoms with Crippen molar-refractivity contribution >= 4 is 22.3 Å². The van der Waals surface area contributed by atoms with Gasteiger partial charge < -0.3 is 5.32 Å². The lowest BCUT2D eigenvalue weighted by Crippen LogP contribution is -2.04. The number of anilines is 1. The molecule has 0 aliphatic carbocycles. The minimum Gasteiger partial charge on any atom is -0.368 e. The Morgan fingerprint density at radius 2 is 2.22 bits per heavy atom. The first-order chi connectivity index (χ1) is 8.74. The Kier molecular flexibility index (Phi) is 3.39. The van der Waals surface area contributed by atoms with Gasteiger partial charge in [0.25, 0.3) is 0 Å². The molecule has 0 unspecified atom stereocenters. The Bertz CT molecular complexity index is 656. The van der Waals surface area contributed by atoms with Gasteiger partial charge in [0, 0.05) is 5.39 Å². The minimum atomic E-state index is -0.443. The van der Waals surface area contributed by atoms with E-state index >= 15 is 0 Å². The number of hydrogen-bond donors (Lipinski definition) is 1. The van der Waals surface area contributed by atoms with E-state index in [9.17, 15) is 10.1 Å². The number of fused-ring (bicyclic) bond motifs is 1. The molecule has 5 heteroatoms. The monoisotopic (exact) mass is 241 g/mol. The van der Waals surface area contributed by atoms with E-state index < -0.39 is 4.92 Å². The van der Waals surface area contributed by atoms with Gasteiger partial charge in [-0.05, 0) is 13.0 Å². The van der Waals surface area contributed by atoms with Gasteiger partial charge in [0.2, 0.25) is 0 Å². The molecule has 0 bridgehead atoms. The number of nitrogens with one attached hydrogen (secondary N) is 1. The molecule has 0 radical (unpaired) electrons. The average molecular weight is 241 g/mol. The van der Waals surface area contributed by atoms with E-state index in [1.165, 1.54) is 6.20 Å². The van der Waals surface area contributed by atoms with Crippen LogP contribution < -0.4 is 5.32 Å². The van der Waals surface area contributed by atoms with Crippen LogP contribution in [0, 0.1) is 22.0 Å².